The van der Waals surface area contributed by atoms with E-state index in [9.17, 15) is 0 Å². The minimum Gasteiger partial charge on any atom is -0.497 e. The molecule has 0 aliphatic carbocycles. The Kier molecular flexibility index (Phi) is 5.48. The minimum atomic E-state index is 0.753. The number of morpholine rings is 1. The van der Waals surface area contributed by atoms with Gasteiger partial charge in [-0.1, -0.05) is 12.1 Å². The molecule has 1 fully saturated rings. The molecule has 1 aromatic heterocycles. The van der Waals surface area contributed by atoms with Crippen LogP contribution in [0.2, 0.25) is 0 Å². The summed E-state index contributed by atoms with van der Waals surface area (Å²) in [5.74, 6) is 2.79. The third-order valence-corrected chi connectivity index (χ3v) is 4.21. The zero-order valence-corrected chi connectivity index (χ0v) is 14.3. The highest BCUT2D eigenvalue weighted by Gasteiger charge is 2.15. The summed E-state index contributed by atoms with van der Waals surface area (Å²) in [5, 5.41) is 0. The Morgan fingerprint density at radius 1 is 1.17 bits per heavy atom. The van der Waals surface area contributed by atoms with E-state index >= 15 is 0 Å². The van der Waals surface area contributed by atoms with Crippen LogP contribution < -0.4 is 14.5 Å². The molecule has 0 bridgehead atoms. The smallest absolute Gasteiger partial charge is 0.134 e. The van der Waals surface area contributed by atoms with Crippen LogP contribution in [-0.4, -0.2) is 49.9 Å². The van der Waals surface area contributed by atoms with Crippen LogP contribution >= 0.6 is 0 Å². The van der Waals surface area contributed by atoms with Crippen molar-refractivity contribution in [3.8, 4) is 5.75 Å². The summed E-state index contributed by atoms with van der Waals surface area (Å²) in [7, 11) is 1.68. The second kappa shape index (κ2) is 7.97. The van der Waals surface area contributed by atoms with Crippen LogP contribution in [0.4, 0.5) is 11.6 Å². The Hall–Kier alpha value is -2.34. The average molecular weight is 328 g/mol. The highest BCUT2D eigenvalue weighted by Crippen LogP contribution is 2.21. The molecule has 2 heterocycles. The van der Waals surface area contributed by atoms with Crippen molar-refractivity contribution in [3.05, 3.63) is 42.2 Å². The first-order valence-corrected chi connectivity index (χ1v) is 8.32. The van der Waals surface area contributed by atoms with Crippen molar-refractivity contribution in [1.82, 2.24) is 9.97 Å². The number of hydrogen-bond acceptors (Lipinski definition) is 6. The molecular formula is C18H24N4O2. The lowest BCUT2D eigenvalue weighted by atomic mass is 10.2. The molecule has 128 valence electrons. The molecule has 0 amide bonds. The molecule has 2 aromatic rings. The van der Waals surface area contributed by atoms with E-state index < -0.39 is 0 Å². The number of aromatic nitrogens is 2. The van der Waals surface area contributed by atoms with Gasteiger partial charge in [0.15, 0.2) is 0 Å². The lowest BCUT2D eigenvalue weighted by Crippen LogP contribution is -2.37. The van der Waals surface area contributed by atoms with Crippen molar-refractivity contribution in [2.24, 2.45) is 0 Å². The fraction of sp³-hybridized carbons (Fsp3) is 0.444. The van der Waals surface area contributed by atoms with Gasteiger partial charge in [-0.05, 0) is 24.6 Å². The molecule has 0 N–H and O–H groups in total. The van der Waals surface area contributed by atoms with Crippen LogP contribution in [0.3, 0.4) is 0 Å². The lowest BCUT2D eigenvalue weighted by Gasteiger charge is -2.29. The first-order valence-electron chi connectivity index (χ1n) is 8.32. The number of benzene rings is 1. The van der Waals surface area contributed by atoms with Crippen LogP contribution in [-0.2, 0) is 11.3 Å². The van der Waals surface area contributed by atoms with Gasteiger partial charge in [-0.15, -0.1) is 0 Å². The minimum absolute atomic E-state index is 0.753. The molecule has 0 spiro atoms. The highest BCUT2D eigenvalue weighted by atomic mass is 16.5. The van der Waals surface area contributed by atoms with Gasteiger partial charge in [0.2, 0.25) is 0 Å². The average Bonchev–Trinajstić information content (AvgIpc) is 2.67. The summed E-state index contributed by atoms with van der Waals surface area (Å²) in [4.78, 5) is 13.4. The number of rotatable bonds is 6. The van der Waals surface area contributed by atoms with Crippen LogP contribution in [0.15, 0.2) is 36.7 Å². The van der Waals surface area contributed by atoms with Crippen molar-refractivity contribution < 1.29 is 9.47 Å². The van der Waals surface area contributed by atoms with E-state index in [0.717, 1.165) is 56.8 Å². The van der Waals surface area contributed by atoms with E-state index in [1.807, 2.05) is 12.1 Å². The molecule has 0 atom stereocenters. The van der Waals surface area contributed by atoms with E-state index in [1.54, 1.807) is 13.4 Å². The van der Waals surface area contributed by atoms with Crippen LogP contribution in [0.25, 0.3) is 0 Å². The first-order chi connectivity index (χ1) is 11.8. The summed E-state index contributed by atoms with van der Waals surface area (Å²) in [6, 6.07) is 10.2. The van der Waals surface area contributed by atoms with Crippen molar-refractivity contribution in [2.75, 3.05) is 49.8 Å². The quantitative estimate of drug-likeness (QED) is 0.811. The molecule has 1 aromatic carbocycles. The van der Waals surface area contributed by atoms with E-state index in [-0.39, 0.29) is 0 Å². The molecule has 0 saturated carbocycles. The molecule has 24 heavy (non-hydrogen) atoms. The molecule has 6 heteroatoms. The number of methoxy groups -OCH3 is 1. The molecular weight excluding hydrogens is 304 g/mol. The number of ether oxygens (including phenoxy) is 2. The molecule has 3 rings (SSSR count). The summed E-state index contributed by atoms with van der Waals surface area (Å²) < 4.78 is 10.6. The zero-order valence-electron chi connectivity index (χ0n) is 14.3. The molecule has 1 aliphatic heterocycles. The molecule has 0 radical (unpaired) electrons. The van der Waals surface area contributed by atoms with E-state index in [2.05, 4.69) is 44.9 Å². The Morgan fingerprint density at radius 3 is 2.58 bits per heavy atom. The Balaban J connectivity index is 1.74. The van der Waals surface area contributed by atoms with Gasteiger partial charge in [-0.3, -0.25) is 0 Å². The highest BCUT2D eigenvalue weighted by molar-refractivity contribution is 5.50. The van der Waals surface area contributed by atoms with E-state index in [0.29, 0.717) is 0 Å². The number of nitrogens with zero attached hydrogens (tertiary/aromatic N) is 4. The van der Waals surface area contributed by atoms with Gasteiger partial charge >= 0.3 is 0 Å². The van der Waals surface area contributed by atoms with Crippen molar-refractivity contribution in [1.29, 1.82) is 0 Å². The fourth-order valence-corrected chi connectivity index (χ4v) is 2.78. The second-order valence-electron chi connectivity index (χ2n) is 5.70. The Labute approximate surface area is 143 Å². The van der Waals surface area contributed by atoms with Gasteiger partial charge in [0, 0.05) is 32.2 Å². The largest absolute Gasteiger partial charge is 0.497 e. The molecule has 1 aliphatic rings. The fourth-order valence-electron chi connectivity index (χ4n) is 2.78. The van der Waals surface area contributed by atoms with Gasteiger partial charge in [-0.25, -0.2) is 9.97 Å². The van der Waals surface area contributed by atoms with Crippen LogP contribution in [0, 0.1) is 0 Å². The third-order valence-electron chi connectivity index (χ3n) is 4.21. The van der Waals surface area contributed by atoms with E-state index in [1.165, 1.54) is 5.56 Å². The summed E-state index contributed by atoms with van der Waals surface area (Å²) >= 11 is 0. The lowest BCUT2D eigenvalue weighted by molar-refractivity contribution is 0.122. The second-order valence-corrected chi connectivity index (χ2v) is 5.70. The van der Waals surface area contributed by atoms with Gasteiger partial charge in [0.25, 0.3) is 0 Å². The van der Waals surface area contributed by atoms with Crippen molar-refractivity contribution in [3.63, 3.8) is 0 Å². The van der Waals surface area contributed by atoms with Gasteiger partial charge in [-0.2, -0.15) is 0 Å². The van der Waals surface area contributed by atoms with Gasteiger partial charge < -0.3 is 19.3 Å². The maximum atomic E-state index is 5.41. The molecule has 6 nitrogen and oxygen atoms in total. The van der Waals surface area contributed by atoms with Gasteiger partial charge in [0.05, 0.1) is 20.3 Å². The number of hydrogen-bond donors (Lipinski definition) is 0. The predicted octanol–water partition coefficient (Wildman–Crippen LogP) is 2.35. The summed E-state index contributed by atoms with van der Waals surface area (Å²) in [6.45, 7) is 7.08. The topological polar surface area (TPSA) is 50.7 Å². The van der Waals surface area contributed by atoms with Crippen LogP contribution in [0.5, 0.6) is 5.75 Å². The summed E-state index contributed by atoms with van der Waals surface area (Å²) in [6.07, 6.45) is 1.65. The maximum Gasteiger partial charge on any atom is 0.134 e. The first kappa shape index (κ1) is 16.5. The van der Waals surface area contributed by atoms with E-state index in [4.69, 9.17) is 9.47 Å². The maximum absolute atomic E-state index is 5.41. The van der Waals surface area contributed by atoms with Gasteiger partial charge in [0.1, 0.15) is 23.7 Å². The SMILES string of the molecule is CCN(Cc1ccc(OC)cc1)c1cc(N2CCOCC2)ncn1. The van der Waals surface area contributed by atoms with Crippen LogP contribution in [0.1, 0.15) is 12.5 Å². The monoisotopic (exact) mass is 328 g/mol. The third kappa shape index (κ3) is 3.94. The predicted molar refractivity (Wildman–Crippen MR) is 94.8 cm³/mol. The molecule has 0 unspecified atom stereocenters. The zero-order chi connectivity index (χ0) is 16.8. The summed E-state index contributed by atoms with van der Waals surface area (Å²) in [5.41, 5.74) is 1.23. The normalized spacial score (nSPS) is 14.5. The van der Waals surface area contributed by atoms with Crippen molar-refractivity contribution in [2.45, 2.75) is 13.5 Å². The van der Waals surface area contributed by atoms with Crippen molar-refractivity contribution >= 4 is 11.6 Å². The Bertz CT molecular complexity index is 642. The molecule has 1 saturated heterocycles. The number of anilines is 2. The standard InChI is InChI=1S/C18H24N4O2/c1-3-21(13-15-4-6-16(23-2)7-5-15)17-12-18(20-14-19-17)22-8-10-24-11-9-22/h4-7,12,14H,3,8-11,13H2,1-2H3. The Morgan fingerprint density at radius 2 is 1.92 bits per heavy atom.